The predicted molar refractivity (Wildman–Crippen MR) is 73.9 cm³/mol. The Hall–Kier alpha value is -1.00. The maximum atomic E-state index is 11.3. The molecule has 3 nitrogen and oxygen atoms in total. The van der Waals surface area contributed by atoms with Crippen LogP contribution < -0.4 is 4.74 Å². The quantitative estimate of drug-likeness (QED) is 0.455. The van der Waals surface area contributed by atoms with Crippen molar-refractivity contribution in [2.24, 2.45) is 0 Å². The number of hydrogen-bond donors (Lipinski definition) is 0. The molecule has 5 heteroatoms. The average Bonchev–Trinajstić information content (AvgIpc) is 2.28. The average molecular weight is 289 g/mol. The Morgan fingerprint density at radius 3 is 2.61 bits per heavy atom. The molecular formula is C13H17ClO3S. The van der Waals surface area contributed by atoms with Gasteiger partial charge in [-0.25, -0.2) is 8.42 Å². The van der Waals surface area contributed by atoms with Crippen LogP contribution in [-0.4, -0.2) is 15.0 Å². The summed E-state index contributed by atoms with van der Waals surface area (Å²) >= 11 is 0. The molecular weight excluding hydrogens is 272 g/mol. The summed E-state index contributed by atoms with van der Waals surface area (Å²) < 4.78 is 28.2. The van der Waals surface area contributed by atoms with Gasteiger partial charge >= 0.3 is 0 Å². The van der Waals surface area contributed by atoms with Gasteiger partial charge in [0.2, 0.25) is 0 Å². The lowest BCUT2D eigenvalue weighted by atomic mass is 10.0. The molecule has 0 heterocycles. The van der Waals surface area contributed by atoms with Crippen LogP contribution in [0.2, 0.25) is 0 Å². The summed E-state index contributed by atoms with van der Waals surface area (Å²) in [5, 5.41) is 0. The SMILES string of the molecule is C=CCCOc1ccc(S(=O)(=O)Cl)cc1C(C)C. The highest BCUT2D eigenvalue weighted by Crippen LogP contribution is 2.30. The minimum Gasteiger partial charge on any atom is -0.493 e. The fourth-order valence-corrected chi connectivity index (χ4v) is 2.30. The van der Waals surface area contributed by atoms with Crippen molar-refractivity contribution >= 4 is 19.7 Å². The first-order valence-corrected chi connectivity index (χ1v) is 7.99. The minimum atomic E-state index is -3.70. The summed E-state index contributed by atoms with van der Waals surface area (Å²) in [6.07, 6.45) is 2.51. The Morgan fingerprint density at radius 1 is 1.44 bits per heavy atom. The van der Waals surface area contributed by atoms with Gasteiger partial charge in [0.25, 0.3) is 9.05 Å². The predicted octanol–water partition coefficient (Wildman–Crippen LogP) is 3.69. The van der Waals surface area contributed by atoms with Crippen molar-refractivity contribution in [3.05, 3.63) is 36.4 Å². The molecule has 0 aromatic heterocycles. The molecule has 0 aliphatic heterocycles. The molecule has 0 aliphatic rings. The zero-order valence-corrected chi connectivity index (χ0v) is 12.1. The number of halogens is 1. The molecule has 0 bridgehead atoms. The first-order valence-electron chi connectivity index (χ1n) is 5.68. The summed E-state index contributed by atoms with van der Waals surface area (Å²) in [5.41, 5.74) is 0.834. The van der Waals surface area contributed by atoms with E-state index in [1.165, 1.54) is 6.07 Å². The Labute approximate surface area is 113 Å². The second-order valence-corrected chi connectivity index (χ2v) is 6.78. The van der Waals surface area contributed by atoms with Gasteiger partial charge in [-0.05, 0) is 36.1 Å². The molecule has 0 aliphatic carbocycles. The van der Waals surface area contributed by atoms with Gasteiger partial charge in [0.05, 0.1) is 11.5 Å². The largest absolute Gasteiger partial charge is 0.493 e. The molecule has 1 aromatic carbocycles. The normalized spacial score (nSPS) is 11.6. The molecule has 0 unspecified atom stereocenters. The fraction of sp³-hybridized carbons (Fsp3) is 0.385. The van der Waals surface area contributed by atoms with E-state index >= 15 is 0 Å². The lowest BCUT2D eigenvalue weighted by Gasteiger charge is -2.14. The molecule has 1 rings (SSSR count). The van der Waals surface area contributed by atoms with Crippen molar-refractivity contribution in [3.8, 4) is 5.75 Å². The van der Waals surface area contributed by atoms with Crippen LogP contribution in [0.3, 0.4) is 0 Å². The van der Waals surface area contributed by atoms with Crippen molar-refractivity contribution in [1.29, 1.82) is 0 Å². The first kappa shape index (κ1) is 15.1. The fourth-order valence-electron chi connectivity index (χ4n) is 1.51. The zero-order valence-electron chi connectivity index (χ0n) is 10.5. The first-order chi connectivity index (χ1) is 8.36. The molecule has 0 N–H and O–H groups in total. The molecule has 0 amide bonds. The standard InChI is InChI=1S/C13H17ClO3S/c1-4-5-8-17-13-7-6-11(18(14,15)16)9-12(13)10(2)3/h4,6-7,9-10H,1,5,8H2,2-3H3. The number of benzene rings is 1. The minimum absolute atomic E-state index is 0.101. The summed E-state index contributed by atoms with van der Waals surface area (Å²) in [6, 6.07) is 4.67. The molecule has 100 valence electrons. The highest BCUT2D eigenvalue weighted by Gasteiger charge is 2.15. The van der Waals surface area contributed by atoms with E-state index in [9.17, 15) is 8.42 Å². The van der Waals surface area contributed by atoms with E-state index in [1.54, 1.807) is 18.2 Å². The van der Waals surface area contributed by atoms with Crippen molar-refractivity contribution in [1.82, 2.24) is 0 Å². The third-order valence-corrected chi connectivity index (χ3v) is 3.82. The molecule has 0 saturated heterocycles. The van der Waals surface area contributed by atoms with E-state index in [2.05, 4.69) is 6.58 Å². The van der Waals surface area contributed by atoms with Crippen molar-refractivity contribution in [2.45, 2.75) is 31.1 Å². The van der Waals surface area contributed by atoms with E-state index in [0.717, 1.165) is 12.0 Å². The summed E-state index contributed by atoms with van der Waals surface area (Å²) in [4.78, 5) is 0.101. The Kier molecular flexibility index (Phi) is 5.23. The van der Waals surface area contributed by atoms with Crippen LogP contribution >= 0.6 is 10.7 Å². The van der Waals surface area contributed by atoms with Crippen LogP contribution in [0.25, 0.3) is 0 Å². The van der Waals surface area contributed by atoms with Gasteiger partial charge < -0.3 is 4.74 Å². The summed E-state index contributed by atoms with van der Waals surface area (Å²) in [6.45, 7) is 8.09. The van der Waals surface area contributed by atoms with Gasteiger partial charge in [-0.15, -0.1) is 6.58 Å². The van der Waals surface area contributed by atoms with Gasteiger partial charge in [0.1, 0.15) is 5.75 Å². The maximum absolute atomic E-state index is 11.3. The monoisotopic (exact) mass is 288 g/mol. The Balaban J connectivity index is 3.09. The van der Waals surface area contributed by atoms with E-state index < -0.39 is 9.05 Å². The molecule has 0 radical (unpaired) electrons. The smallest absolute Gasteiger partial charge is 0.261 e. The van der Waals surface area contributed by atoms with E-state index in [-0.39, 0.29) is 10.8 Å². The van der Waals surface area contributed by atoms with Gasteiger partial charge in [0, 0.05) is 10.7 Å². The maximum Gasteiger partial charge on any atom is 0.261 e. The molecule has 1 aromatic rings. The Morgan fingerprint density at radius 2 is 2.11 bits per heavy atom. The Bertz CT molecular complexity index is 521. The summed E-state index contributed by atoms with van der Waals surface area (Å²) in [5.74, 6) is 0.845. The van der Waals surface area contributed by atoms with Crippen LogP contribution in [0.4, 0.5) is 0 Å². The van der Waals surface area contributed by atoms with Gasteiger partial charge in [-0.2, -0.15) is 0 Å². The lowest BCUT2D eigenvalue weighted by molar-refractivity contribution is 0.320. The summed E-state index contributed by atoms with van der Waals surface area (Å²) in [7, 11) is 1.63. The lowest BCUT2D eigenvalue weighted by Crippen LogP contribution is -2.02. The number of rotatable bonds is 6. The van der Waals surface area contributed by atoms with Crippen molar-refractivity contribution in [3.63, 3.8) is 0 Å². The molecule has 0 spiro atoms. The highest BCUT2D eigenvalue weighted by molar-refractivity contribution is 8.13. The molecule has 0 saturated carbocycles. The topological polar surface area (TPSA) is 43.4 Å². The van der Waals surface area contributed by atoms with Gasteiger partial charge in [-0.1, -0.05) is 19.9 Å². The van der Waals surface area contributed by atoms with Gasteiger partial charge in [0.15, 0.2) is 0 Å². The van der Waals surface area contributed by atoms with Crippen molar-refractivity contribution < 1.29 is 13.2 Å². The third-order valence-electron chi connectivity index (χ3n) is 2.46. The van der Waals surface area contributed by atoms with Crippen LogP contribution in [0.1, 0.15) is 31.7 Å². The van der Waals surface area contributed by atoms with E-state index in [4.69, 9.17) is 15.4 Å². The van der Waals surface area contributed by atoms with Crippen LogP contribution in [-0.2, 0) is 9.05 Å². The van der Waals surface area contributed by atoms with Crippen LogP contribution in [0.15, 0.2) is 35.7 Å². The van der Waals surface area contributed by atoms with E-state index in [0.29, 0.717) is 12.4 Å². The molecule has 18 heavy (non-hydrogen) atoms. The third kappa shape index (κ3) is 4.03. The zero-order chi connectivity index (χ0) is 13.8. The second-order valence-electron chi connectivity index (χ2n) is 4.22. The molecule has 0 atom stereocenters. The van der Waals surface area contributed by atoms with Gasteiger partial charge in [-0.3, -0.25) is 0 Å². The second kappa shape index (κ2) is 6.25. The van der Waals surface area contributed by atoms with Crippen LogP contribution in [0, 0.1) is 0 Å². The van der Waals surface area contributed by atoms with Crippen LogP contribution in [0.5, 0.6) is 5.75 Å². The van der Waals surface area contributed by atoms with E-state index in [1.807, 2.05) is 13.8 Å². The number of hydrogen-bond acceptors (Lipinski definition) is 3. The number of ether oxygens (including phenoxy) is 1. The highest BCUT2D eigenvalue weighted by atomic mass is 35.7. The van der Waals surface area contributed by atoms with Crippen molar-refractivity contribution in [2.75, 3.05) is 6.61 Å². The molecule has 0 fully saturated rings.